The van der Waals surface area contributed by atoms with E-state index < -0.39 is 5.97 Å². The number of piperidine rings is 1. The van der Waals surface area contributed by atoms with Crippen LogP contribution in [-0.2, 0) is 11.3 Å². The molecule has 44 heavy (non-hydrogen) atoms. The molecular weight excluding hydrogens is 546 g/mol. The Hall–Kier alpha value is -4.45. The molecule has 2 N–H and O–H groups in total. The molecule has 1 aliphatic heterocycles. The molecule has 5 nitrogen and oxygen atoms in total. The Balaban J connectivity index is 1.17. The summed E-state index contributed by atoms with van der Waals surface area (Å²) in [4.78, 5) is 12.2. The lowest BCUT2D eigenvalue weighted by Gasteiger charge is -2.32. The minimum Gasteiger partial charge on any atom is -0.478 e. The third kappa shape index (κ3) is 6.85. The van der Waals surface area contributed by atoms with Crippen LogP contribution in [0.4, 0.5) is 0 Å². The molecule has 3 unspecified atom stereocenters. The number of rotatable bonds is 11. The van der Waals surface area contributed by atoms with Gasteiger partial charge in [0.2, 0.25) is 0 Å². The molecule has 224 valence electrons. The summed E-state index contributed by atoms with van der Waals surface area (Å²) in [5, 5.41) is 15.9. The van der Waals surface area contributed by atoms with Crippen LogP contribution in [0.1, 0.15) is 70.6 Å². The molecule has 0 aliphatic carbocycles. The first-order valence-corrected chi connectivity index (χ1v) is 15.6. The summed E-state index contributed by atoms with van der Waals surface area (Å²) in [7, 11) is 0. The zero-order valence-corrected chi connectivity index (χ0v) is 25.1. The first-order valence-electron chi connectivity index (χ1n) is 15.6. The van der Waals surface area contributed by atoms with Crippen LogP contribution in [0.2, 0.25) is 0 Å². The van der Waals surface area contributed by atoms with E-state index in [4.69, 9.17) is 9.47 Å². The summed E-state index contributed by atoms with van der Waals surface area (Å²) in [6.07, 6.45) is 2.86. The molecule has 5 aromatic rings. The van der Waals surface area contributed by atoms with Crippen LogP contribution < -0.4 is 10.1 Å². The Bertz CT molecular complexity index is 1700. The van der Waals surface area contributed by atoms with Crippen molar-refractivity contribution in [2.24, 2.45) is 0 Å². The molecule has 0 aromatic heterocycles. The fourth-order valence-electron chi connectivity index (χ4n) is 6.40. The topological polar surface area (TPSA) is 67.8 Å². The van der Waals surface area contributed by atoms with E-state index in [1.54, 1.807) is 12.1 Å². The number of hydrogen-bond donors (Lipinski definition) is 2. The van der Waals surface area contributed by atoms with Crippen LogP contribution in [0.25, 0.3) is 10.8 Å². The van der Waals surface area contributed by atoms with Gasteiger partial charge in [-0.1, -0.05) is 92.2 Å². The van der Waals surface area contributed by atoms with Crippen LogP contribution in [0, 0.1) is 0 Å². The molecule has 1 heterocycles. The van der Waals surface area contributed by atoms with Gasteiger partial charge in [0, 0.05) is 18.4 Å². The highest BCUT2D eigenvalue weighted by molar-refractivity contribution is 5.90. The maximum Gasteiger partial charge on any atom is 0.335 e. The predicted molar refractivity (Wildman–Crippen MR) is 176 cm³/mol. The second kappa shape index (κ2) is 13.9. The van der Waals surface area contributed by atoms with Gasteiger partial charge < -0.3 is 19.9 Å². The average molecular weight is 586 g/mol. The number of ether oxygens (including phenoxy) is 2. The summed E-state index contributed by atoms with van der Waals surface area (Å²) in [6, 6.07) is 38.6. The van der Waals surface area contributed by atoms with Gasteiger partial charge in [0.15, 0.2) is 0 Å². The first-order chi connectivity index (χ1) is 21.6. The molecule has 0 saturated carbocycles. The van der Waals surface area contributed by atoms with Gasteiger partial charge in [0.25, 0.3) is 0 Å². The number of hydrogen-bond acceptors (Lipinski definition) is 4. The third-order valence-corrected chi connectivity index (χ3v) is 8.66. The Kier molecular flexibility index (Phi) is 9.35. The predicted octanol–water partition coefficient (Wildman–Crippen LogP) is 8.92. The first kappa shape index (κ1) is 29.6. The zero-order valence-electron chi connectivity index (χ0n) is 25.1. The smallest absolute Gasteiger partial charge is 0.335 e. The number of carboxylic acids is 1. The molecule has 0 bridgehead atoms. The molecule has 6 rings (SSSR count). The molecular formula is C39H39NO4. The third-order valence-electron chi connectivity index (χ3n) is 8.66. The van der Waals surface area contributed by atoms with Crippen molar-refractivity contribution in [3.8, 4) is 11.5 Å². The average Bonchev–Trinajstić information content (AvgIpc) is 3.07. The number of benzene rings is 5. The van der Waals surface area contributed by atoms with Crippen LogP contribution in [0.3, 0.4) is 0 Å². The monoisotopic (exact) mass is 585 g/mol. The molecule has 0 amide bonds. The fraction of sp³-hybridized carbons (Fsp3) is 0.256. The summed E-state index contributed by atoms with van der Waals surface area (Å²) >= 11 is 0. The lowest BCUT2D eigenvalue weighted by atomic mass is 9.85. The molecule has 5 aromatic carbocycles. The summed E-state index contributed by atoms with van der Waals surface area (Å²) < 4.78 is 12.8. The summed E-state index contributed by atoms with van der Waals surface area (Å²) in [5.41, 5.74) is 4.61. The van der Waals surface area contributed by atoms with Gasteiger partial charge in [0.05, 0.1) is 18.3 Å². The van der Waals surface area contributed by atoms with Crippen molar-refractivity contribution >= 4 is 16.7 Å². The normalized spacial score (nSPS) is 17.3. The SMILES string of the molecule is CCCC(c1ccccc1)c1cc(Oc2ccc(C3CCNCC3OCc3ccc4ccccc4c3)cc2)ccc1C(=O)O. The van der Waals surface area contributed by atoms with E-state index in [1.165, 1.54) is 21.9 Å². The minimum absolute atomic E-state index is 0.0234. The van der Waals surface area contributed by atoms with E-state index in [1.807, 2.05) is 36.4 Å². The standard InChI is InChI=1S/C39H39NO4/c1-2-8-34(29-10-4-3-5-11-29)37-24-33(19-20-36(37)39(41)42)44-32-17-15-30(16-18-32)35-21-22-40-25-38(35)43-26-27-13-14-28-9-6-7-12-31(28)23-27/h3-7,9-20,23-24,34-35,38,40H,2,8,21-22,25-26H2,1H3,(H,41,42). The molecule has 1 aliphatic rings. The maximum atomic E-state index is 12.2. The number of nitrogens with one attached hydrogen (secondary N) is 1. The van der Waals surface area contributed by atoms with Crippen molar-refractivity contribution in [2.75, 3.05) is 13.1 Å². The zero-order chi connectivity index (χ0) is 30.3. The molecule has 0 radical (unpaired) electrons. The van der Waals surface area contributed by atoms with E-state index >= 15 is 0 Å². The van der Waals surface area contributed by atoms with Crippen molar-refractivity contribution in [2.45, 2.75) is 50.7 Å². The number of carbonyl (C=O) groups is 1. The quantitative estimate of drug-likeness (QED) is 0.162. The van der Waals surface area contributed by atoms with Crippen molar-refractivity contribution in [3.63, 3.8) is 0 Å². The van der Waals surface area contributed by atoms with Gasteiger partial charge in [-0.3, -0.25) is 0 Å². The molecule has 1 saturated heterocycles. The number of fused-ring (bicyclic) bond motifs is 1. The van der Waals surface area contributed by atoms with Crippen molar-refractivity contribution in [1.82, 2.24) is 5.32 Å². The van der Waals surface area contributed by atoms with Crippen molar-refractivity contribution < 1.29 is 19.4 Å². The highest BCUT2D eigenvalue weighted by Crippen LogP contribution is 2.36. The van der Waals surface area contributed by atoms with Gasteiger partial charge in [-0.05, 0) is 88.8 Å². The van der Waals surface area contributed by atoms with Crippen molar-refractivity contribution in [1.29, 1.82) is 0 Å². The van der Waals surface area contributed by atoms with Gasteiger partial charge in [-0.15, -0.1) is 0 Å². The fourth-order valence-corrected chi connectivity index (χ4v) is 6.40. The highest BCUT2D eigenvalue weighted by atomic mass is 16.5. The Labute approximate surface area is 259 Å². The van der Waals surface area contributed by atoms with Crippen molar-refractivity contribution in [3.05, 3.63) is 143 Å². The lowest BCUT2D eigenvalue weighted by molar-refractivity contribution is 0.0106. The van der Waals surface area contributed by atoms with E-state index in [0.717, 1.165) is 49.2 Å². The van der Waals surface area contributed by atoms with Crippen LogP contribution >= 0.6 is 0 Å². The van der Waals surface area contributed by atoms with Gasteiger partial charge in [0.1, 0.15) is 11.5 Å². The Morgan fingerprint density at radius 2 is 1.61 bits per heavy atom. The molecule has 0 spiro atoms. The van der Waals surface area contributed by atoms with Crippen LogP contribution in [0.15, 0.2) is 115 Å². The highest BCUT2D eigenvalue weighted by Gasteiger charge is 2.27. The minimum atomic E-state index is -0.924. The van der Waals surface area contributed by atoms with E-state index in [9.17, 15) is 9.90 Å². The largest absolute Gasteiger partial charge is 0.478 e. The second-order valence-corrected chi connectivity index (χ2v) is 11.6. The Morgan fingerprint density at radius 1 is 0.864 bits per heavy atom. The molecule has 5 heteroatoms. The van der Waals surface area contributed by atoms with Crippen LogP contribution in [-0.4, -0.2) is 30.3 Å². The number of carboxylic acid groups (broad SMARTS) is 1. The molecule has 3 atom stereocenters. The maximum absolute atomic E-state index is 12.2. The van der Waals surface area contributed by atoms with Gasteiger partial charge >= 0.3 is 5.97 Å². The lowest BCUT2D eigenvalue weighted by Crippen LogP contribution is -2.40. The van der Waals surface area contributed by atoms with E-state index in [-0.39, 0.29) is 17.9 Å². The van der Waals surface area contributed by atoms with Crippen LogP contribution in [0.5, 0.6) is 11.5 Å². The van der Waals surface area contributed by atoms with E-state index in [2.05, 4.69) is 79.0 Å². The summed E-state index contributed by atoms with van der Waals surface area (Å²) in [6.45, 7) is 4.47. The summed E-state index contributed by atoms with van der Waals surface area (Å²) in [5.74, 6) is 0.690. The van der Waals surface area contributed by atoms with E-state index in [0.29, 0.717) is 17.9 Å². The molecule has 1 fully saturated rings. The Morgan fingerprint density at radius 3 is 2.39 bits per heavy atom. The second-order valence-electron chi connectivity index (χ2n) is 11.6. The number of aromatic carboxylic acids is 1. The van der Waals surface area contributed by atoms with Gasteiger partial charge in [-0.2, -0.15) is 0 Å². The van der Waals surface area contributed by atoms with Gasteiger partial charge in [-0.25, -0.2) is 4.79 Å².